The van der Waals surface area contributed by atoms with Crippen LogP contribution in [0, 0.1) is 16.7 Å². The normalized spacial score (nSPS) is 36.0. The standard InChI is InChI=1S/C16H27N2O/c1-15(2)13-5-6-16(15,3)14(11-13)19-10-9-18-8-7-17(4)12-18/h7-8,12-14H,5-6,9-11H2,1-4H3/q+1. The second-order valence-electron chi connectivity index (χ2n) is 7.29. The number of nitrogens with zero attached hydrogens (tertiary/aromatic N) is 2. The summed E-state index contributed by atoms with van der Waals surface area (Å²) in [4.78, 5) is 0. The largest absolute Gasteiger partial charge is 0.374 e. The first-order valence-electron chi connectivity index (χ1n) is 7.56. The third kappa shape index (κ3) is 1.94. The molecule has 0 aromatic carbocycles. The number of hydrogen-bond donors (Lipinski definition) is 0. The Morgan fingerprint density at radius 1 is 1.37 bits per heavy atom. The van der Waals surface area contributed by atoms with Crippen LogP contribution in [0.25, 0.3) is 0 Å². The Hall–Kier alpha value is -0.830. The third-order valence-electron chi connectivity index (χ3n) is 6.21. The lowest BCUT2D eigenvalue weighted by Crippen LogP contribution is -2.37. The molecular weight excluding hydrogens is 236 g/mol. The molecule has 3 unspecified atom stereocenters. The molecule has 2 bridgehead atoms. The molecule has 1 heterocycles. The van der Waals surface area contributed by atoms with E-state index in [0.29, 0.717) is 16.9 Å². The van der Waals surface area contributed by atoms with Gasteiger partial charge in [0.15, 0.2) is 0 Å². The lowest BCUT2D eigenvalue weighted by atomic mass is 9.70. The van der Waals surface area contributed by atoms with Crippen molar-refractivity contribution < 1.29 is 9.30 Å². The van der Waals surface area contributed by atoms with Gasteiger partial charge in [-0.25, -0.2) is 9.13 Å². The molecule has 19 heavy (non-hydrogen) atoms. The highest BCUT2D eigenvalue weighted by Gasteiger charge is 2.61. The summed E-state index contributed by atoms with van der Waals surface area (Å²) in [6.07, 6.45) is 10.8. The van der Waals surface area contributed by atoms with Crippen molar-refractivity contribution in [1.82, 2.24) is 4.57 Å². The van der Waals surface area contributed by atoms with E-state index in [2.05, 4.69) is 55.7 Å². The molecule has 1 aromatic rings. The minimum absolute atomic E-state index is 0.388. The highest BCUT2D eigenvalue weighted by Crippen LogP contribution is 2.66. The number of rotatable bonds is 4. The van der Waals surface area contributed by atoms with Crippen molar-refractivity contribution in [2.45, 2.75) is 52.7 Å². The first kappa shape index (κ1) is 13.2. The Kier molecular flexibility index (Phi) is 3.01. The minimum Gasteiger partial charge on any atom is -0.374 e. The zero-order chi connectivity index (χ0) is 13.7. The summed E-state index contributed by atoms with van der Waals surface area (Å²) in [6.45, 7) is 9.12. The fourth-order valence-corrected chi connectivity index (χ4v) is 4.32. The maximum Gasteiger partial charge on any atom is 0.243 e. The quantitative estimate of drug-likeness (QED) is 0.764. The van der Waals surface area contributed by atoms with Crippen LogP contribution in [0.3, 0.4) is 0 Å². The molecule has 106 valence electrons. The number of ether oxygens (including phenoxy) is 1. The summed E-state index contributed by atoms with van der Waals surface area (Å²) >= 11 is 0. The Balaban J connectivity index is 1.57. The number of imidazole rings is 1. The number of aryl methyl sites for hydroxylation is 1. The average molecular weight is 263 g/mol. The van der Waals surface area contributed by atoms with Gasteiger partial charge in [0, 0.05) is 0 Å². The highest BCUT2D eigenvalue weighted by atomic mass is 16.5. The molecule has 2 aliphatic carbocycles. The number of aromatic nitrogens is 2. The molecule has 0 N–H and O–H groups in total. The van der Waals surface area contributed by atoms with Crippen LogP contribution in [-0.4, -0.2) is 17.3 Å². The van der Waals surface area contributed by atoms with Crippen molar-refractivity contribution in [3.05, 3.63) is 18.7 Å². The van der Waals surface area contributed by atoms with E-state index in [4.69, 9.17) is 4.74 Å². The third-order valence-corrected chi connectivity index (χ3v) is 6.21. The summed E-state index contributed by atoms with van der Waals surface area (Å²) in [5.41, 5.74) is 0.844. The van der Waals surface area contributed by atoms with Gasteiger partial charge in [-0.1, -0.05) is 20.8 Å². The van der Waals surface area contributed by atoms with Gasteiger partial charge in [0.05, 0.1) is 19.8 Å². The lowest BCUT2D eigenvalue weighted by molar-refractivity contribution is -0.671. The van der Waals surface area contributed by atoms with Crippen molar-refractivity contribution in [2.24, 2.45) is 23.8 Å². The van der Waals surface area contributed by atoms with E-state index < -0.39 is 0 Å². The topological polar surface area (TPSA) is 18.0 Å². The molecule has 0 aliphatic heterocycles. The van der Waals surface area contributed by atoms with Crippen molar-refractivity contribution in [2.75, 3.05) is 6.61 Å². The summed E-state index contributed by atoms with van der Waals surface area (Å²) in [5, 5.41) is 0. The van der Waals surface area contributed by atoms with Gasteiger partial charge < -0.3 is 4.74 Å². The molecule has 0 amide bonds. The molecule has 2 saturated carbocycles. The van der Waals surface area contributed by atoms with Crippen LogP contribution in [0.4, 0.5) is 0 Å². The van der Waals surface area contributed by atoms with E-state index in [0.717, 1.165) is 19.1 Å². The van der Waals surface area contributed by atoms with Crippen molar-refractivity contribution in [1.29, 1.82) is 0 Å². The van der Waals surface area contributed by atoms with Gasteiger partial charge in [0.25, 0.3) is 0 Å². The second kappa shape index (κ2) is 4.34. The van der Waals surface area contributed by atoms with E-state index in [-0.39, 0.29) is 0 Å². The van der Waals surface area contributed by atoms with Gasteiger partial charge in [-0.3, -0.25) is 0 Å². The van der Waals surface area contributed by atoms with Gasteiger partial charge in [0.2, 0.25) is 6.33 Å². The Morgan fingerprint density at radius 2 is 2.16 bits per heavy atom. The van der Waals surface area contributed by atoms with Crippen LogP contribution >= 0.6 is 0 Å². The van der Waals surface area contributed by atoms with E-state index >= 15 is 0 Å². The first-order valence-corrected chi connectivity index (χ1v) is 7.56. The van der Waals surface area contributed by atoms with Gasteiger partial charge >= 0.3 is 0 Å². The fourth-order valence-electron chi connectivity index (χ4n) is 4.32. The van der Waals surface area contributed by atoms with Crippen molar-refractivity contribution >= 4 is 0 Å². The van der Waals surface area contributed by atoms with E-state index in [1.54, 1.807) is 0 Å². The van der Waals surface area contributed by atoms with E-state index in [9.17, 15) is 0 Å². The monoisotopic (exact) mass is 263 g/mol. The average Bonchev–Trinajstić information content (AvgIpc) is 2.90. The Bertz CT molecular complexity index is 465. The zero-order valence-electron chi connectivity index (χ0n) is 12.7. The molecule has 3 rings (SSSR count). The maximum atomic E-state index is 6.26. The number of hydrogen-bond acceptors (Lipinski definition) is 1. The molecule has 3 atom stereocenters. The molecular formula is C16H27N2O+. The van der Waals surface area contributed by atoms with Gasteiger partial charge in [-0.15, -0.1) is 0 Å². The molecule has 0 saturated heterocycles. The van der Waals surface area contributed by atoms with Crippen molar-refractivity contribution in [3.8, 4) is 0 Å². The zero-order valence-corrected chi connectivity index (χ0v) is 12.7. The molecule has 3 heteroatoms. The van der Waals surface area contributed by atoms with Crippen molar-refractivity contribution in [3.63, 3.8) is 0 Å². The SMILES string of the molecule is C[n+]1ccn(CCOC2CC3CCC2(C)C3(C)C)c1. The van der Waals surface area contributed by atoms with Crippen LogP contribution in [0.1, 0.15) is 40.0 Å². The summed E-state index contributed by atoms with van der Waals surface area (Å²) < 4.78 is 10.5. The molecule has 0 spiro atoms. The van der Waals surface area contributed by atoms with Crippen LogP contribution in [-0.2, 0) is 18.3 Å². The van der Waals surface area contributed by atoms with E-state index in [1.165, 1.54) is 19.3 Å². The predicted octanol–water partition coefficient (Wildman–Crippen LogP) is 2.54. The first-order chi connectivity index (χ1) is 8.93. The lowest BCUT2D eigenvalue weighted by Gasteiger charge is -2.38. The van der Waals surface area contributed by atoms with Gasteiger partial charge in [-0.05, 0) is 36.0 Å². The van der Waals surface area contributed by atoms with E-state index in [1.807, 2.05) is 0 Å². The van der Waals surface area contributed by atoms with Crippen LogP contribution < -0.4 is 4.57 Å². The maximum absolute atomic E-state index is 6.26. The fraction of sp³-hybridized carbons (Fsp3) is 0.812. The Morgan fingerprint density at radius 3 is 2.68 bits per heavy atom. The van der Waals surface area contributed by atoms with Crippen LogP contribution in [0.2, 0.25) is 0 Å². The second-order valence-corrected chi connectivity index (χ2v) is 7.29. The number of fused-ring (bicyclic) bond motifs is 2. The Labute approximate surface area is 116 Å². The molecule has 2 fully saturated rings. The summed E-state index contributed by atoms with van der Waals surface area (Å²) in [5.74, 6) is 0.867. The predicted molar refractivity (Wildman–Crippen MR) is 74.6 cm³/mol. The van der Waals surface area contributed by atoms with Gasteiger partial charge in [0.1, 0.15) is 18.9 Å². The molecule has 3 nitrogen and oxygen atoms in total. The summed E-state index contributed by atoms with van der Waals surface area (Å²) in [7, 11) is 2.05. The molecule has 0 radical (unpaired) electrons. The van der Waals surface area contributed by atoms with Crippen LogP contribution in [0.15, 0.2) is 18.7 Å². The molecule has 1 aromatic heterocycles. The molecule has 2 aliphatic rings. The van der Waals surface area contributed by atoms with Gasteiger partial charge in [-0.2, -0.15) is 0 Å². The summed E-state index contributed by atoms with van der Waals surface area (Å²) in [6, 6.07) is 0. The minimum atomic E-state index is 0.388. The van der Waals surface area contributed by atoms with Crippen LogP contribution in [0.5, 0.6) is 0 Å². The smallest absolute Gasteiger partial charge is 0.243 e. The highest BCUT2D eigenvalue weighted by molar-refractivity contribution is 5.11.